The Morgan fingerprint density at radius 2 is 1.53 bits per heavy atom. The number of nitrogens with one attached hydrogen (secondary N) is 1. The van der Waals surface area contributed by atoms with Crippen LogP contribution in [0.2, 0.25) is 0 Å². The molecule has 1 aliphatic carbocycles. The van der Waals surface area contributed by atoms with Crippen molar-refractivity contribution in [2.45, 2.75) is 31.6 Å². The molecule has 8 heteroatoms. The van der Waals surface area contributed by atoms with E-state index in [-0.39, 0.29) is 18.1 Å². The molecular weight excluding hydrogens is 462 g/mol. The van der Waals surface area contributed by atoms with Crippen LogP contribution in [0.5, 0.6) is 23.0 Å². The SMILES string of the molecule is COC(=O)C1=C(C)NC2=C(C(=O)C[C@@H](c3ccccc3OC)C2)[C@@H]1c1ccc(OC)c(OC)c1OC. The van der Waals surface area contributed by atoms with Crippen molar-refractivity contribution in [2.75, 3.05) is 35.5 Å². The molecule has 0 unspecified atom stereocenters. The molecule has 1 N–H and O–H groups in total. The first-order valence-corrected chi connectivity index (χ1v) is 11.6. The summed E-state index contributed by atoms with van der Waals surface area (Å²) in [4.78, 5) is 26.8. The van der Waals surface area contributed by atoms with Crippen LogP contribution in [0.4, 0.5) is 0 Å². The van der Waals surface area contributed by atoms with Crippen LogP contribution in [0.3, 0.4) is 0 Å². The lowest BCUT2D eigenvalue weighted by molar-refractivity contribution is -0.136. The molecule has 8 nitrogen and oxygen atoms in total. The lowest BCUT2D eigenvalue weighted by atomic mass is 9.71. The van der Waals surface area contributed by atoms with Gasteiger partial charge in [-0.3, -0.25) is 4.79 Å². The summed E-state index contributed by atoms with van der Waals surface area (Å²) in [7, 11) is 7.53. The predicted octanol–water partition coefficient (Wildman–Crippen LogP) is 4.26. The van der Waals surface area contributed by atoms with Crippen LogP contribution in [0.15, 0.2) is 58.9 Å². The van der Waals surface area contributed by atoms with Gasteiger partial charge < -0.3 is 29.0 Å². The van der Waals surface area contributed by atoms with Gasteiger partial charge >= 0.3 is 5.97 Å². The van der Waals surface area contributed by atoms with E-state index >= 15 is 0 Å². The monoisotopic (exact) mass is 493 g/mol. The molecule has 1 heterocycles. The maximum absolute atomic E-state index is 13.8. The molecule has 190 valence electrons. The van der Waals surface area contributed by atoms with Crippen molar-refractivity contribution in [1.82, 2.24) is 5.32 Å². The molecule has 0 fully saturated rings. The molecule has 0 radical (unpaired) electrons. The molecule has 0 saturated heterocycles. The molecular formula is C28H31NO7. The lowest BCUT2D eigenvalue weighted by Gasteiger charge is -2.37. The van der Waals surface area contributed by atoms with E-state index in [1.54, 1.807) is 19.2 Å². The van der Waals surface area contributed by atoms with Crippen molar-refractivity contribution in [3.63, 3.8) is 0 Å². The number of rotatable bonds is 7. The number of para-hydroxylation sites is 1. The van der Waals surface area contributed by atoms with Gasteiger partial charge in [-0.05, 0) is 31.0 Å². The molecule has 0 saturated carbocycles. The molecule has 2 atom stereocenters. The Kier molecular flexibility index (Phi) is 7.24. The molecule has 36 heavy (non-hydrogen) atoms. The quantitative estimate of drug-likeness (QED) is 0.572. The van der Waals surface area contributed by atoms with Crippen LogP contribution >= 0.6 is 0 Å². The highest BCUT2D eigenvalue weighted by Crippen LogP contribution is 2.51. The molecule has 0 amide bonds. The van der Waals surface area contributed by atoms with Gasteiger partial charge in [-0.2, -0.15) is 0 Å². The van der Waals surface area contributed by atoms with E-state index in [1.165, 1.54) is 28.4 Å². The predicted molar refractivity (Wildman–Crippen MR) is 134 cm³/mol. The summed E-state index contributed by atoms with van der Waals surface area (Å²) in [6.45, 7) is 1.81. The molecule has 0 bridgehead atoms. The molecule has 2 aliphatic rings. The van der Waals surface area contributed by atoms with Gasteiger partial charge in [0.25, 0.3) is 0 Å². The average molecular weight is 494 g/mol. The van der Waals surface area contributed by atoms with Crippen molar-refractivity contribution in [3.05, 3.63) is 70.1 Å². The summed E-state index contributed by atoms with van der Waals surface area (Å²) in [5.74, 6) is 0.654. The molecule has 0 spiro atoms. The molecule has 1 aliphatic heterocycles. The zero-order valence-corrected chi connectivity index (χ0v) is 21.4. The van der Waals surface area contributed by atoms with Crippen LogP contribution in [-0.4, -0.2) is 47.3 Å². The van der Waals surface area contributed by atoms with E-state index in [1.807, 2.05) is 31.2 Å². The van der Waals surface area contributed by atoms with Gasteiger partial charge in [0.15, 0.2) is 17.3 Å². The first-order chi connectivity index (χ1) is 17.4. The largest absolute Gasteiger partial charge is 0.496 e. The normalized spacial score (nSPS) is 19.3. The highest BCUT2D eigenvalue weighted by molar-refractivity contribution is 6.04. The maximum atomic E-state index is 13.8. The third kappa shape index (κ3) is 4.17. The second-order valence-electron chi connectivity index (χ2n) is 8.67. The summed E-state index contributed by atoms with van der Waals surface area (Å²) >= 11 is 0. The third-order valence-electron chi connectivity index (χ3n) is 6.86. The van der Waals surface area contributed by atoms with Gasteiger partial charge in [-0.1, -0.05) is 24.3 Å². The molecule has 2 aromatic carbocycles. The molecule has 0 aromatic heterocycles. The first kappa shape index (κ1) is 25.2. The van der Waals surface area contributed by atoms with Crippen LogP contribution in [0.25, 0.3) is 0 Å². The van der Waals surface area contributed by atoms with Crippen molar-refractivity contribution in [3.8, 4) is 23.0 Å². The Morgan fingerprint density at radius 1 is 0.833 bits per heavy atom. The number of ether oxygens (including phenoxy) is 5. The fourth-order valence-electron chi connectivity index (χ4n) is 5.31. The topological polar surface area (TPSA) is 92.3 Å². The summed E-state index contributed by atoms with van der Waals surface area (Å²) in [6.07, 6.45) is 0.861. The van der Waals surface area contributed by atoms with Gasteiger partial charge in [0.1, 0.15) is 5.75 Å². The number of hydrogen-bond acceptors (Lipinski definition) is 8. The van der Waals surface area contributed by atoms with Gasteiger partial charge in [0, 0.05) is 34.9 Å². The zero-order chi connectivity index (χ0) is 26.0. The fourth-order valence-corrected chi connectivity index (χ4v) is 5.31. The van der Waals surface area contributed by atoms with Crippen LogP contribution in [0, 0.1) is 0 Å². The number of benzene rings is 2. The van der Waals surface area contributed by atoms with E-state index in [0.717, 1.165) is 17.0 Å². The number of esters is 1. The average Bonchev–Trinajstić information content (AvgIpc) is 2.90. The van der Waals surface area contributed by atoms with E-state index < -0.39 is 11.9 Å². The van der Waals surface area contributed by atoms with Gasteiger partial charge in [0.2, 0.25) is 5.75 Å². The van der Waals surface area contributed by atoms with Crippen LogP contribution in [0.1, 0.15) is 42.7 Å². The van der Waals surface area contributed by atoms with E-state index in [9.17, 15) is 9.59 Å². The second-order valence-corrected chi connectivity index (χ2v) is 8.67. The number of carbonyl (C=O) groups is 2. The minimum Gasteiger partial charge on any atom is -0.496 e. The second kappa shape index (κ2) is 10.4. The number of dihydropyridines is 1. The standard InChI is InChI=1S/C28H31NO7/c1-15-23(28(31)36-6)24(18-11-12-22(33-3)27(35-5)26(18)34-4)25-19(29-15)13-16(14-20(25)30)17-9-7-8-10-21(17)32-2/h7-12,16,24,29H,13-14H2,1-6H3/t16-,24+/m0/s1. The van der Waals surface area contributed by atoms with Crippen LogP contribution in [-0.2, 0) is 14.3 Å². The van der Waals surface area contributed by atoms with E-state index in [4.69, 9.17) is 23.7 Å². The van der Waals surface area contributed by atoms with Crippen LogP contribution < -0.4 is 24.3 Å². The highest BCUT2D eigenvalue weighted by atomic mass is 16.5. The first-order valence-electron chi connectivity index (χ1n) is 11.6. The minimum absolute atomic E-state index is 0.0598. The van der Waals surface area contributed by atoms with E-state index in [2.05, 4.69) is 5.32 Å². The zero-order valence-electron chi connectivity index (χ0n) is 21.4. The van der Waals surface area contributed by atoms with Crippen molar-refractivity contribution < 1.29 is 33.3 Å². The Morgan fingerprint density at radius 3 is 2.17 bits per heavy atom. The molecule has 4 rings (SSSR count). The van der Waals surface area contributed by atoms with Crippen molar-refractivity contribution in [1.29, 1.82) is 0 Å². The number of hydrogen-bond donors (Lipinski definition) is 1. The Hall–Kier alpha value is -3.94. The van der Waals surface area contributed by atoms with Gasteiger partial charge in [0.05, 0.1) is 47.0 Å². The number of methoxy groups -OCH3 is 5. The van der Waals surface area contributed by atoms with Crippen molar-refractivity contribution >= 4 is 11.8 Å². The van der Waals surface area contributed by atoms with E-state index in [0.29, 0.717) is 46.1 Å². The highest BCUT2D eigenvalue weighted by Gasteiger charge is 2.43. The summed E-state index contributed by atoms with van der Waals surface area (Å²) < 4.78 is 27.5. The Labute approximate surface area is 210 Å². The fraction of sp³-hybridized carbons (Fsp3) is 0.357. The number of carbonyl (C=O) groups excluding carboxylic acids is 2. The summed E-state index contributed by atoms with van der Waals surface area (Å²) in [5.41, 5.74) is 3.86. The third-order valence-corrected chi connectivity index (χ3v) is 6.86. The lowest BCUT2D eigenvalue weighted by Crippen LogP contribution is -2.36. The minimum atomic E-state index is -0.699. The van der Waals surface area contributed by atoms with Gasteiger partial charge in [-0.15, -0.1) is 0 Å². The Balaban J connectivity index is 1.91. The van der Waals surface area contributed by atoms with Crippen molar-refractivity contribution in [2.24, 2.45) is 0 Å². The number of allylic oxidation sites excluding steroid dienone is 3. The maximum Gasteiger partial charge on any atom is 0.336 e. The Bertz CT molecular complexity index is 1260. The summed E-state index contributed by atoms with van der Waals surface area (Å²) in [6, 6.07) is 11.3. The number of Topliss-reactive ketones (excluding diaryl/α,β-unsaturated/α-hetero) is 1. The van der Waals surface area contributed by atoms with Gasteiger partial charge in [-0.25, -0.2) is 4.79 Å². The smallest absolute Gasteiger partial charge is 0.336 e. The number of ketones is 1. The summed E-state index contributed by atoms with van der Waals surface area (Å²) in [5, 5.41) is 3.34. The molecule has 2 aromatic rings.